The molecule has 1 aliphatic heterocycles. The van der Waals surface area contributed by atoms with Gasteiger partial charge in [0.15, 0.2) is 0 Å². The molecule has 114 valence electrons. The summed E-state index contributed by atoms with van der Waals surface area (Å²) in [6.45, 7) is 1.69. The number of carboxylic acids is 1. The zero-order valence-electron chi connectivity index (χ0n) is 12.5. The molecule has 8 heteroatoms. The van der Waals surface area contributed by atoms with E-state index in [0.717, 1.165) is 11.3 Å². The Morgan fingerprint density at radius 3 is 2.55 bits per heavy atom. The maximum atomic E-state index is 11.7. The molecule has 1 N–H and O–H groups in total. The normalized spacial score (nSPS) is 20.2. The van der Waals surface area contributed by atoms with Crippen molar-refractivity contribution in [3.63, 3.8) is 0 Å². The lowest BCUT2D eigenvalue weighted by atomic mass is 9.88. The highest BCUT2D eigenvalue weighted by Gasteiger charge is 2.39. The molecule has 1 aliphatic rings. The van der Waals surface area contributed by atoms with E-state index in [4.69, 9.17) is 0 Å². The Morgan fingerprint density at radius 1 is 1.27 bits per heavy atom. The number of carboxylic acid groups (broad SMARTS) is 1. The Hall–Kier alpha value is -2.77. The van der Waals surface area contributed by atoms with Crippen LogP contribution >= 0.6 is 0 Å². The van der Waals surface area contributed by atoms with Crippen molar-refractivity contribution >= 4 is 23.3 Å². The Labute approximate surface area is 127 Å². The molecule has 2 atom stereocenters. The van der Waals surface area contributed by atoms with Crippen molar-refractivity contribution in [1.82, 2.24) is 20.2 Å². The smallest absolute Gasteiger partial charge is 0.314 e. The second-order valence-electron chi connectivity index (χ2n) is 5.42. The van der Waals surface area contributed by atoms with Crippen LogP contribution in [-0.2, 0) is 4.79 Å². The third-order valence-electron chi connectivity index (χ3n) is 3.80. The number of aromatic nitrogens is 4. The van der Waals surface area contributed by atoms with Gasteiger partial charge in [-0.05, 0) is 35.0 Å². The number of nitrogens with zero attached hydrogens (tertiary/aromatic N) is 6. The Balaban J connectivity index is 2.09. The number of anilines is 1. The molecule has 0 aliphatic carbocycles. The van der Waals surface area contributed by atoms with Gasteiger partial charge in [0.25, 0.3) is 5.95 Å². The van der Waals surface area contributed by atoms with Gasteiger partial charge in [-0.1, -0.05) is 17.2 Å². The van der Waals surface area contributed by atoms with Crippen molar-refractivity contribution in [2.75, 3.05) is 19.0 Å². The lowest BCUT2D eigenvalue weighted by molar-refractivity contribution is -0.140. The van der Waals surface area contributed by atoms with Gasteiger partial charge in [0, 0.05) is 25.5 Å². The van der Waals surface area contributed by atoms with E-state index >= 15 is 0 Å². The van der Waals surface area contributed by atoms with Crippen LogP contribution < -0.4 is 4.90 Å². The zero-order valence-corrected chi connectivity index (χ0v) is 12.5. The molecular formula is C14H16N6O2. The fourth-order valence-electron chi connectivity index (χ4n) is 2.66. The molecule has 0 amide bonds. The van der Waals surface area contributed by atoms with Crippen molar-refractivity contribution < 1.29 is 9.90 Å². The van der Waals surface area contributed by atoms with Crippen LogP contribution in [0.15, 0.2) is 29.3 Å². The maximum Gasteiger partial charge on any atom is 0.314 e. The van der Waals surface area contributed by atoms with Gasteiger partial charge in [0.05, 0.1) is 0 Å². The fourth-order valence-corrected chi connectivity index (χ4v) is 2.66. The molecule has 0 spiro atoms. The minimum absolute atomic E-state index is 0.330. The number of hydrogen-bond donors (Lipinski definition) is 1. The van der Waals surface area contributed by atoms with Crippen LogP contribution in [0.2, 0.25) is 0 Å². The van der Waals surface area contributed by atoms with Gasteiger partial charge in [0.1, 0.15) is 12.0 Å². The van der Waals surface area contributed by atoms with Gasteiger partial charge in [-0.2, -0.15) is 0 Å². The zero-order chi connectivity index (χ0) is 15.9. The minimum atomic E-state index is -0.941. The molecule has 2 aromatic rings. The number of carbonyl (C=O) groups is 1. The molecule has 1 aromatic carbocycles. The summed E-state index contributed by atoms with van der Waals surface area (Å²) in [5.41, 5.74) is 2.37. The Bertz CT molecular complexity index is 734. The third-order valence-corrected chi connectivity index (χ3v) is 3.80. The standard InChI is InChI=1S/C14H16N6O2/c1-8-11(13(21)22)12(20-14(15-8)16-17-18-20)9-4-6-10(7-5-9)19(2)3/h4-7,11-12H,1-3H3,(H,21,22). The summed E-state index contributed by atoms with van der Waals surface area (Å²) in [7, 11) is 3.90. The van der Waals surface area contributed by atoms with E-state index in [1.54, 1.807) is 6.92 Å². The van der Waals surface area contributed by atoms with Crippen LogP contribution in [0.1, 0.15) is 18.5 Å². The molecule has 1 aromatic heterocycles. The van der Waals surface area contributed by atoms with E-state index in [2.05, 4.69) is 20.5 Å². The number of fused-ring (bicyclic) bond motifs is 1. The number of benzene rings is 1. The molecule has 0 radical (unpaired) electrons. The number of rotatable bonds is 3. The SMILES string of the molecule is CC1=Nc2nnnn2C(c2ccc(N(C)C)cc2)C1C(=O)O. The first-order valence-corrected chi connectivity index (χ1v) is 6.82. The summed E-state index contributed by atoms with van der Waals surface area (Å²) in [5.74, 6) is -1.40. The molecule has 0 saturated carbocycles. The second kappa shape index (κ2) is 5.21. The lowest BCUT2D eigenvalue weighted by Gasteiger charge is -2.28. The lowest BCUT2D eigenvalue weighted by Crippen LogP contribution is -2.35. The number of hydrogen-bond acceptors (Lipinski definition) is 6. The molecule has 0 bridgehead atoms. The van der Waals surface area contributed by atoms with E-state index in [0.29, 0.717) is 11.7 Å². The van der Waals surface area contributed by atoms with Crippen LogP contribution in [0.3, 0.4) is 0 Å². The highest BCUT2D eigenvalue weighted by molar-refractivity contribution is 6.02. The monoisotopic (exact) mass is 300 g/mol. The van der Waals surface area contributed by atoms with Crippen LogP contribution in [-0.4, -0.2) is 51.1 Å². The van der Waals surface area contributed by atoms with Gasteiger partial charge >= 0.3 is 5.97 Å². The van der Waals surface area contributed by atoms with Crippen LogP contribution in [0, 0.1) is 5.92 Å². The van der Waals surface area contributed by atoms with Gasteiger partial charge in [-0.25, -0.2) is 9.67 Å². The molecule has 0 saturated heterocycles. The Kier molecular flexibility index (Phi) is 3.36. The first kappa shape index (κ1) is 14.2. The minimum Gasteiger partial charge on any atom is -0.481 e. The molecule has 2 unspecified atom stereocenters. The highest BCUT2D eigenvalue weighted by atomic mass is 16.4. The van der Waals surface area contributed by atoms with Crippen molar-refractivity contribution in [1.29, 1.82) is 0 Å². The quantitative estimate of drug-likeness (QED) is 0.913. The topological polar surface area (TPSA) is 96.5 Å². The Morgan fingerprint density at radius 2 is 1.95 bits per heavy atom. The van der Waals surface area contributed by atoms with Crippen LogP contribution in [0.4, 0.5) is 11.6 Å². The second-order valence-corrected chi connectivity index (χ2v) is 5.42. The van der Waals surface area contributed by atoms with E-state index in [9.17, 15) is 9.90 Å². The predicted molar refractivity (Wildman–Crippen MR) is 80.6 cm³/mol. The summed E-state index contributed by atoms with van der Waals surface area (Å²) in [4.78, 5) is 17.8. The van der Waals surface area contributed by atoms with Crippen molar-refractivity contribution in [2.45, 2.75) is 13.0 Å². The van der Waals surface area contributed by atoms with Gasteiger partial charge in [-0.15, -0.1) is 0 Å². The van der Waals surface area contributed by atoms with Gasteiger partial charge in [0.2, 0.25) is 0 Å². The number of tetrazole rings is 1. The van der Waals surface area contributed by atoms with E-state index < -0.39 is 17.9 Å². The molecule has 3 rings (SSSR count). The average Bonchev–Trinajstić information content (AvgIpc) is 2.93. The van der Waals surface area contributed by atoms with E-state index in [1.165, 1.54) is 4.68 Å². The van der Waals surface area contributed by atoms with Crippen LogP contribution in [0.25, 0.3) is 0 Å². The maximum absolute atomic E-state index is 11.7. The van der Waals surface area contributed by atoms with Crippen LogP contribution in [0.5, 0.6) is 0 Å². The van der Waals surface area contributed by atoms with E-state index in [-0.39, 0.29) is 0 Å². The number of aliphatic carboxylic acids is 1. The van der Waals surface area contributed by atoms with Gasteiger partial charge < -0.3 is 10.0 Å². The third kappa shape index (κ3) is 2.22. The van der Waals surface area contributed by atoms with Crippen molar-refractivity contribution in [2.24, 2.45) is 10.9 Å². The van der Waals surface area contributed by atoms with Gasteiger partial charge in [-0.3, -0.25) is 4.79 Å². The first-order chi connectivity index (χ1) is 10.5. The summed E-state index contributed by atoms with van der Waals surface area (Å²) >= 11 is 0. The molecule has 2 heterocycles. The first-order valence-electron chi connectivity index (χ1n) is 6.82. The van der Waals surface area contributed by atoms with E-state index in [1.807, 2.05) is 43.3 Å². The highest BCUT2D eigenvalue weighted by Crippen LogP contribution is 2.35. The summed E-state index contributed by atoms with van der Waals surface area (Å²) in [6.07, 6.45) is 0. The van der Waals surface area contributed by atoms with Crippen molar-refractivity contribution in [3.05, 3.63) is 29.8 Å². The summed E-state index contributed by atoms with van der Waals surface area (Å²) < 4.78 is 1.47. The average molecular weight is 300 g/mol. The molecule has 0 fully saturated rings. The fraction of sp³-hybridized carbons (Fsp3) is 0.357. The number of aliphatic imine (C=N–C) groups is 1. The summed E-state index contributed by atoms with van der Waals surface area (Å²) in [5, 5.41) is 20.9. The predicted octanol–water partition coefficient (Wildman–Crippen LogP) is 1.14. The molecule has 8 nitrogen and oxygen atoms in total. The molecular weight excluding hydrogens is 284 g/mol. The van der Waals surface area contributed by atoms with Crippen molar-refractivity contribution in [3.8, 4) is 0 Å². The summed E-state index contributed by atoms with van der Waals surface area (Å²) in [6, 6.07) is 7.19. The molecule has 22 heavy (non-hydrogen) atoms. The largest absolute Gasteiger partial charge is 0.481 e.